The predicted molar refractivity (Wildman–Crippen MR) is 75.8 cm³/mol. The number of hydrogen-bond acceptors (Lipinski definition) is 4. The normalized spacial score (nSPS) is 19.4. The van der Waals surface area contributed by atoms with Gasteiger partial charge >= 0.3 is 11.9 Å². The van der Waals surface area contributed by atoms with Gasteiger partial charge in [0.1, 0.15) is 0 Å². The molecular weight excluding hydrogens is 258 g/mol. The Morgan fingerprint density at radius 3 is 2.15 bits per heavy atom. The molecule has 0 saturated heterocycles. The minimum atomic E-state index is -0.968. The summed E-state index contributed by atoms with van der Waals surface area (Å²) in [4.78, 5) is 25.5. The number of aliphatic carboxylic acids is 1. The summed E-state index contributed by atoms with van der Waals surface area (Å²) in [5, 5.41) is 9.50. The minimum Gasteiger partial charge on any atom is -0.478 e. The van der Waals surface area contributed by atoms with Crippen molar-refractivity contribution in [3.63, 3.8) is 0 Å². The first kappa shape index (κ1) is 16.3. The van der Waals surface area contributed by atoms with Crippen LogP contribution in [0.3, 0.4) is 0 Å². The average Bonchev–Trinajstić information content (AvgIpc) is 2.41. The van der Waals surface area contributed by atoms with Gasteiger partial charge in [0.05, 0.1) is 18.3 Å². The standard InChI is InChI=1S/C15H23NO4/c1-6-8-16-9(3)12(14(17)18)11(7-2)13(10(16)4)15(19)20-5/h11H,6-8H2,1-5H3,(H,17,18). The molecule has 0 aromatic rings. The van der Waals surface area contributed by atoms with Crippen molar-refractivity contribution in [1.82, 2.24) is 4.90 Å². The van der Waals surface area contributed by atoms with Gasteiger partial charge in [0.2, 0.25) is 0 Å². The molecular formula is C15H23NO4. The van der Waals surface area contributed by atoms with Crippen LogP contribution in [0.25, 0.3) is 0 Å². The number of ether oxygens (including phenoxy) is 1. The van der Waals surface area contributed by atoms with Crippen LogP contribution in [0.15, 0.2) is 22.5 Å². The molecule has 0 amide bonds. The van der Waals surface area contributed by atoms with Crippen molar-refractivity contribution in [2.75, 3.05) is 13.7 Å². The van der Waals surface area contributed by atoms with E-state index in [0.29, 0.717) is 24.1 Å². The molecule has 0 aromatic carbocycles. The third-order valence-electron chi connectivity index (χ3n) is 3.78. The fourth-order valence-electron chi connectivity index (χ4n) is 2.86. The highest BCUT2D eigenvalue weighted by Gasteiger charge is 2.37. The smallest absolute Gasteiger partial charge is 0.336 e. The summed E-state index contributed by atoms with van der Waals surface area (Å²) in [6.07, 6.45) is 1.42. The lowest BCUT2D eigenvalue weighted by molar-refractivity contribution is -0.137. The molecule has 1 N–H and O–H groups in total. The van der Waals surface area contributed by atoms with E-state index in [1.165, 1.54) is 7.11 Å². The molecule has 0 aromatic heterocycles. The van der Waals surface area contributed by atoms with Gasteiger partial charge in [0.25, 0.3) is 0 Å². The first-order valence-electron chi connectivity index (χ1n) is 6.91. The summed E-state index contributed by atoms with van der Waals surface area (Å²) in [6.45, 7) is 8.24. The molecule has 0 aliphatic carbocycles. The van der Waals surface area contributed by atoms with Crippen molar-refractivity contribution < 1.29 is 19.4 Å². The average molecular weight is 281 g/mol. The van der Waals surface area contributed by atoms with Crippen LogP contribution in [0.4, 0.5) is 0 Å². The number of carbonyl (C=O) groups excluding carboxylic acids is 1. The van der Waals surface area contributed by atoms with E-state index in [-0.39, 0.29) is 0 Å². The van der Waals surface area contributed by atoms with E-state index in [4.69, 9.17) is 4.74 Å². The predicted octanol–water partition coefficient (Wildman–Crippen LogP) is 2.54. The van der Waals surface area contributed by atoms with Crippen molar-refractivity contribution >= 4 is 11.9 Å². The first-order chi connectivity index (χ1) is 9.40. The van der Waals surface area contributed by atoms with Gasteiger partial charge in [-0.15, -0.1) is 0 Å². The van der Waals surface area contributed by atoms with Crippen LogP contribution in [0, 0.1) is 5.92 Å². The van der Waals surface area contributed by atoms with Crippen LogP contribution in [-0.4, -0.2) is 35.6 Å². The Bertz CT molecular complexity index is 476. The maximum atomic E-state index is 12.0. The van der Waals surface area contributed by atoms with Crippen molar-refractivity contribution in [3.05, 3.63) is 22.5 Å². The van der Waals surface area contributed by atoms with E-state index in [2.05, 4.69) is 0 Å². The third kappa shape index (κ3) is 2.71. The largest absolute Gasteiger partial charge is 0.478 e. The monoisotopic (exact) mass is 281 g/mol. The number of esters is 1. The van der Waals surface area contributed by atoms with Crippen LogP contribution in [-0.2, 0) is 14.3 Å². The number of carboxylic acids is 1. The van der Waals surface area contributed by atoms with Crippen molar-refractivity contribution in [3.8, 4) is 0 Å². The first-order valence-corrected chi connectivity index (χ1v) is 6.91. The van der Waals surface area contributed by atoms with Crippen LogP contribution in [0.2, 0.25) is 0 Å². The number of allylic oxidation sites excluding steroid dienone is 2. The minimum absolute atomic E-state index is 0.298. The van der Waals surface area contributed by atoms with E-state index < -0.39 is 17.9 Å². The van der Waals surface area contributed by atoms with Gasteiger partial charge in [-0.05, 0) is 26.7 Å². The SMILES string of the molecule is CCCN1C(C)=C(C(=O)O)C(CC)C(C(=O)OC)=C1C. The molecule has 0 bridgehead atoms. The fourth-order valence-corrected chi connectivity index (χ4v) is 2.86. The van der Waals surface area contributed by atoms with Crippen LogP contribution < -0.4 is 0 Å². The number of carboxylic acid groups (broad SMARTS) is 1. The van der Waals surface area contributed by atoms with E-state index in [9.17, 15) is 14.7 Å². The number of rotatable bonds is 5. The lowest BCUT2D eigenvalue weighted by atomic mass is 9.83. The summed E-state index contributed by atoms with van der Waals surface area (Å²) in [6, 6.07) is 0. The maximum absolute atomic E-state index is 12.0. The van der Waals surface area contributed by atoms with E-state index >= 15 is 0 Å². The van der Waals surface area contributed by atoms with Crippen molar-refractivity contribution in [2.45, 2.75) is 40.5 Å². The summed E-state index contributed by atoms with van der Waals surface area (Å²) >= 11 is 0. The van der Waals surface area contributed by atoms with Gasteiger partial charge in [-0.1, -0.05) is 13.8 Å². The Balaban J connectivity index is 3.46. The molecule has 1 aliphatic heterocycles. The quantitative estimate of drug-likeness (QED) is 0.784. The molecule has 5 nitrogen and oxygen atoms in total. The zero-order chi connectivity index (χ0) is 15.4. The van der Waals surface area contributed by atoms with Gasteiger partial charge in [-0.2, -0.15) is 0 Å². The Morgan fingerprint density at radius 2 is 1.75 bits per heavy atom. The summed E-state index contributed by atoms with van der Waals surface area (Å²) < 4.78 is 4.84. The molecule has 1 heterocycles. The second-order valence-corrected chi connectivity index (χ2v) is 4.91. The van der Waals surface area contributed by atoms with E-state index in [1.807, 2.05) is 25.7 Å². The summed E-state index contributed by atoms with van der Waals surface area (Å²) in [7, 11) is 1.32. The second kappa shape index (κ2) is 6.59. The van der Waals surface area contributed by atoms with Gasteiger partial charge in [0.15, 0.2) is 0 Å². The molecule has 0 saturated carbocycles. The number of hydrogen-bond donors (Lipinski definition) is 1. The molecule has 0 spiro atoms. The number of nitrogens with zero attached hydrogens (tertiary/aromatic N) is 1. The molecule has 1 unspecified atom stereocenters. The highest BCUT2D eigenvalue weighted by atomic mass is 16.5. The molecule has 0 fully saturated rings. The fraction of sp³-hybridized carbons (Fsp3) is 0.600. The lowest BCUT2D eigenvalue weighted by Gasteiger charge is -2.36. The van der Waals surface area contributed by atoms with Crippen LogP contribution in [0.1, 0.15) is 40.5 Å². The summed E-state index contributed by atoms with van der Waals surface area (Å²) in [5.41, 5.74) is 2.28. The van der Waals surface area contributed by atoms with Crippen molar-refractivity contribution in [2.24, 2.45) is 5.92 Å². The van der Waals surface area contributed by atoms with E-state index in [0.717, 1.165) is 17.8 Å². The maximum Gasteiger partial charge on any atom is 0.336 e. The molecule has 1 aliphatic rings. The molecule has 1 atom stereocenters. The molecule has 5 heteroatoms. The number of carbonyl (C=O) groups is 2. The second-order valence-electron chi connectivity index (χ2n) is 4.91. The Kier molecular flexibility index (Phi) is 5.36. The lowest BCUT2D eigenvalue weighted by Crippen LogP contribution is -2.35. The van der Waals surface area contributed by atoms with Crippen LogP contribution >= 0.6 is 0 Å². The van der Waals surface area contributed by atoms with Crippen LogP contribution in [0.5, 0.6) is 0 Å². The third-order valence-corrected chi connectivity index (χ3v) is 3.78. The highest BCUT2D eigenvalue weighted by Crippen LogP contribution is 2.37. The highest BCUT2D eigenvalue weighted by molar-refractivity contribution is 5.97. The Morgan fingerprint density at radius 1 is 1.20 bits per heavy atom. The number of methoxy groups -OCH3 is 1. The summed E-state index contributed by atoms with van der Waals surface area (Å²) in [5.74, 6) is -1.82. The van der Waals surface area contributed by atoms with E-state index in [1.54, 1.807) is 6.92 Å². The molecule has 112 valence electrons. The van der Waals surface area contributed by atoms with Gasteiger partial charge in [0, 0.05) is 23.9 Å². The van der Waals surface area contributed by atoms with Gasteiger partial charge in [-0.25, -0.2) is 9.59 Å². The molecule has 20 heavy (non-hydrogen) atoms. The topological polar surface area (TPSA) is 66.8 Å². The molecule has 0 radical (unpaired) electrons. The zero-order valence-corrected chi connectivity index (χ0v) is 12.8. The van der Waals surface area contributed by atoms with Crippen molar-refractivity contribution in [1.29, 1.82) is 0 Å². The Hall–Kier alpha value is -1.78. The molecule has 1 rings (SSSR count). The van der Waals surface area contributed by atoms with Gasteiger partial charge < -0.3 is 14.7 Å². The van der Waals surface area contributed by atoms with Gasteiger partial charge in [-0.3, -0.25) is 0 Å². The zero-order valence-electron chi connectivity index (χ0n) is 12.8. The Labute approximate surface area is 119 Å².